The molecule has 1 heterocycles. The molecule has 0 atom stereocenters. The Morgan fingerprint density at radius 3 is 2.68 bits per heavy atom. The number of benzene rings is 1. The average molecular weight is 374 g/mol. The number of esters is 1. The fourth-order valence-electron chi connectivity index (χ4n) is 1.71. The highest BCUT2D eigenvalue weighted by Crippen LogP contribution is 2.26. The third-order valence-corrected chi connectivity index (χ3v) is 3.46. The molecule has 0 radical (unpaired) electrons. The van der Waals surface area contributed by atoms with Gasteiger partial charge < -0.3 is 10.1 Å². The minimum Gasteiger partial charge on any atom is -0.452 e. The molecule has 0 aliphatic rings. The third kappa shape index (κ3) is 5.45. The van der Waals surface area contributed by atoms with Gasteiger partial charge in [0, 0.05) is 12.3 Å². The Morgan fingerprint density at radius 2 is 2.00 bits per heavy atom. The molecule has 0 spiro atoms. The normalized spacial score (nSPS) is 10.6. The smallest absolute Gasteiger partial charge is 0.341 e. The van der Waals surface area contributed by atoms with Gasteiger partial charge in [-0.3, -0.25) is 4.79 Å². The van der Waals surface area contributed by atoms with Crippen LogP contribution in [0.15, 0.2) is 41.6 Å². The molecule has 132 valence electrons. The van der Waals surface area contributed by atoms with Gasteiger partial charge >= 0.3 is 5.97 Å². The van der Waals surface area contributed by atoms with Crippen molar-refractivity contribution in [2.75, 3.05) is 11.9 Å². The zero-order chi connectivity index (χ0) is 18.4. The monoisotopic (exact) mass is 374 g/mol. The van der Waals surface area contributed by atoms with Crippen LogP contribution in [0.2, 0.25) is 0 Å². The predicted octanol–water partition coefficient (Wildman–Crippen LogP) is 3.47. The number of aromatic nitrogens is 1. The molecule has 0 aliphatic carbocycles. The molecular formula is C15H10F4N2O3S. The summed E-state index contributed by atoms with van der Waals surface area (Å²) < 4.78 is 55.7. The van der Waals surface area contributed by atoms with Crippen molar-refractivity contribution in [3.63, 3.8) is 0 Å². The lowest BCUT2D eigenvalue weighted by atomic mass is 10.3. The number of carbonyl (C=O) groups is 2. The van der Waals surface area contributed by atoms with E-state index >= 15 is 0 Å². The van der Waals surface area contributed by atoms with Crippen LogP contribution in [0, 0.1) is 11.6 Å². The lowest BCUT2D eigenvalue weighted by molar-refractivity contribution is -0.119. The molecule has 0 saturated heterocycles. The highest BCUT2D eigenvalue weighted by atomic mass is 32.2. The van der Waals surface area contributed by atoms with E-state index in [9.17, 15) is 27.2 Å². The molecule has 0 unspecified atom stereocenters. The first-order valence-electron chi connectivity index (χ1n) is 6.68. The van der Waals surface area contributed by atoms with Crippen LogP contribution in [0.5, 0.6) is 0 Å². The van der Waals surface area contributed by atoms with Crippen LogP contribution in [-0.2, 0) is 9.53 Å². The molecule has 1 amide bonds. The van der Waals surface area contributed by atoms with Crippen LogP contribution in [-0.4, -0.2) is 29.2 Å². The number of amides is 1. The van der Waals surface area contributed by atoms with Crippen LogP contribution in [0.3, 0.4) is 0 Å². The third-order valence-electron chi connectivity index (χ3n) is 2.73. The second kappa shape index (κ2) is 8.47. The van der Waals surface area contributed by atoms with E-state index in [2.05, 4.69) is 10.3 Å². The molecule has 5 nitrogen and oxygen atoms in total. The second-order valence-electron chi connectivity index (χ2n) is 4.48. The van der Waals surface area contributed by atoms with Crippen molar-refractivity contribution in [2.45, 2.75) is 10.8 Å². The Labute approximate surface area is 143 Å². The van der Waals surface area contributed by atoms with Gasteiger partial charge in [-0.2, -0.15) is 8.78 Å². The Bertz CT molecular complexity index is 789. The summed E-state index contributed by atoms with van der Waals surface area (Å²) in [6, 6.07) is 5.08. The Hall–Kier alpha value is -2.62. The number of nitrogens with one attached hydrogen (secondary N) is 1. The summed E-state index contributed by atoms with van der Waals surface area (Å²) in [6.07, 6.45) is 1.23. The standard InChI is InChI=1S/C15H10F4N2O3S/c16-8-3-4-11(10(17)6-8)21-12(22)7-24-14(23)9-2-1-5-20-13(9)25-15(18)19/h1-6,15H,7H2,(H,21,22). The van der Waals surface area contributed by atoms with E-state index in [-0.39, 0.29) is 28.0 Å². The first-order valence-corrected chi connectivity index (χ1v) is 7.56. The fourth-order valence-corrected chi connectivity index (χ4v) is 2.28. The number of halogens is 4. The lowest BCUT2D eigenvalue weighted by Gasteiger charge is -2.09. The van der Waals surface area contributed by atoms with Gasteiger partial charge in [0.05, 0.1) is 11.3 Å². The van der Waals surface area contributed by atoms with Gasteiger partial charge in [0.15, 0.2) is 6.61 Å². The summed E-state index contributed by atoms with van der Waals surface area (Å²) in [5.74, 6) is -6.52. The largest absolute Gasteiger partial charge is 0.452 e. The summed E-state index contributed by atoms with van der Waals surface area (Å²) in [7, 11) is 0. The summed E-state index contributed by atoms with van der Waals surface area (Å²) in [6.45, 7) is -0.788. The van der Waals surface area contributed by atoms with Gasteiger partial charge in [-0.05, 0) is 36.0 Å². The number of nitrogens with zero attached hydrogens (tertiary/aromatic N) is 1. The van der Waals surface area contributed by atoms with Crippen LogP contribution < -0.4 is 5.32 Å². The van der Waals surface area contributed by atoms with Gasteiger partial charge in [-0.25, -0.2) is 18.6 Å². The van der Waals surface area contributed by atoms with Crippen molar-refractivity contribution < 1.29 is 31.9 Å². The molecule has 2 aromatic rings. The number of pyridine rings is 1. The maximum Gasteiger partial charge on any atom is 0.341 e. The number of hydrogen-bond donors (Lipinski definition) is 1. The zero-order valence-electron chi connectivity index (χ0n) is 12.3. The molecule has 10 heteroatoms. The van der Waals surface area contributed by atoms with Crippen molar-refractivity contribution in [1.82, 2.24) is 4.98 Å². The van der Waals surface area contributed by atoms with E-state index in [0.717, 1.165) is 12.1 Å². The molecule has 1 aromatic carbocycles. The molecule has 1 aromatic heterocycles. The van der Waals surface area contributed by atoms with Crippen molar-refractivity contribution in [3.05, 3.63) is 53.7 Å². The molecule has 1 N–H and O–H groups in total. The Kier molecular flexibility index (Phi) is 6.34. The molecule has 25 heavy (non-hydrogen) atoms. The van der Waals surface area contributed by atoms with E-state index < -0.39 is 35.9 Å². The van der Waals surface area contributed by atoms with E-state index in [0.29, 0.717) is 6.07 Å². The highest BCUT2D eigenvalue weighted by Gasteiger charge is 2.19. The second-order valence-corrected chi connectivity index (χ2v) is 5.46. The maximum absolute atomic E-state index is 13.4. The number of alkyl halides is 2. The quantitative estimate of drug-likeness (QED) is 0.476. The van der Waals surface area contributed by atoms with Crippen LogP contribution in [0.4, 0.5) is 23.2 Å². The van der Waals surface area contributed by atoms with Gasteiger partial charge in [-0.15, -0.1) is 0 Å². The first-order chi connectivity index (χ1) is 11.9. The SMILES string of the molecule is O=C(COC(=O)c1cccnc1SC(F)F)Nc1ccc(F)cc1F. The number of thioether (sulfide) groups is 1. The van der Waals surface area contributed by atoms with E-state index in [1.165, 1.54) is 18.3 Å². The van der Waals surface area contributed by atoms with E-state index in [4.69, 9.17) is 4.74 Å². The number of ether oxygens (including phenoxy) is 1. The minimum atomic E-state index is -2.79. The molecule has 0 aliphatic heterocycles. The highest BCUT2D eigenvalue weighted by molar-refractivity contribution is 7.99. The molecule has 0 saturated carbocycles. The molecule has 0 fully saturated rings. The van der Waals surface area contributed by atoms with Gasteiger partial charge in [-0.1, -0.05) is 0 Å². The number of hydrogen-bond acceptors (Lipinski definition) is 5. The average Bonchev–Trinajstić information content (AvgIpc) is 2.55. The van der Waals surface area contributed by atoms with Crippen LogP contribution in [0.1, 0.15) is 10.4 Å². The summed E-state index contributed by atoms with van der Waals surface area (Å²) in [5, 5.41) is 1.85. The fraction of sp³-hybridized carbons (Fsp3) is 0.133. The van der Waals surface area contributed by atoms with Gasteiger partial charge in [0.2, 0.25) is 0 Å². The van der Waals surface area contributed by atoms with Crippen molar-refractivity contribution in [1.29, 1.82) is 0 Å². The summed E-state index contributed by atoms with van der Waals surface area (Å²) in [4.78, 5) is 27.2. The van der Waals surface area contributed by atoms with Crippen LogP contribution in [0.25, 0.3) is 0 Å². The van der Waals surface area contributed by atoms with Crippen molar-refractivity contribution >= 4 is 29.3 Å². The van der Waals surface area contributed by atoms with E-state index in [1.807, 2.05) is 0 Å². The molecular weight excluding hydrogens is 364 g/mol. The van der Waals surface area contributed by atoms with Crippen molar-refractivity contribution in [3.8, 4) is 0 Å². The Morgan fingerprint density at radius 1 is 1.24 bits per heavy atom. The van der Waals surface area contributed by atoms with E-state index in [1.54, 1.807) is 0 Å². The maximum atomic E-state index is 13.4. The Balaban J connectivity index is 1.97. The minimum absolute atomic E-state index is 0.0626. The summed E-state index contributed by atoms with van der Waals surface area (Å²) >= 11 is 0.0626. The summed E-state index contributed by atoms with van der Waals surface area (Å²) in [5.41, 5.74) is -0.522. The lowest BCUT2D eigenvalue weighted by Crippen LogP contribution is -2.22. The predicted molar refractivity (Wildman–Crippen MR) is 81.4 cm³/mol. The van der Waals surface area contributed by atoms with Gasteiger partial charge in [0.25, 0.3) is 11.7 Å². The number of rotatable bonds is 6. The number of anilines is 1. The molecule has 2 rings (SSSR count). The first kappa shape index (κ1) is 18.7. The molecule has 0 bridgehead atoms. The van der Waals surface area contributed by atoms with Crippen LogP contribution >= 0.6 is 11.8 Å². The number of carbonyl (C=O) groups excluding carboxylic acids is 2. The van der Waals surface area contributed by atoms with Gasteiger partial charge in [0.1, 0.15) is 16.7 Å². The van der Waals surface area contributed by atoms with Crippen molar-refractivity contribution in [2.24, 2.45) is 0 Å². The zero-order valence-corrected chi connectivity index (χ0v) is 13.2. The topological polar surface area (TPSA) is 68.3 Å².